The quantitative estimate of drug-likeness (QED) is 0.581. The lowest BCUT2D eigenvalue weighted by atomic mass is 9.85. The van der Waals surface area contributed by atoms with Crippen LogP contribution in [0, 0.1) is 11.8 Å². The van der Waals surface area contributed by atoms with Gasteiger partial charge < -0.3 is 4.90 Å². The summed E-state index contributed by atoms with van der Waals surface area (Å²) < 4.78 is 38.0. The van der Waals surface area contributed by atoms with E-state index < -0.39 is 11.7 Å². The number of imide groups is 1. The molecular weight excluding hydrogens is 373 g/mol. The standard InChI is InChI=1S/C19H21F3N4O2/c20-19(21,22)13-5-6-16(23-11-13)25-9-7-24(8-10-25)12-26-17(27)14-3-1-2-4-15(14)18(26)28/h1-2,5-6,11,14-15H,3-4,7-10,12H2. The molecule has 2 fully saturated rings. The van der Waals surface area contributed by atoms with Gasteiger partial charge in [0.1, 0.15) is 5.82 Å². The lowest BCUT2D eigenvalue weighted by Gasteiger charge is -2.36. The first-order chi connectivity index (χ1) is 13.3. The molecule has 0 spiro atoms. The Bertz CT molecular complexity index is 759. The average molecular weight is 394 g/mol. The van der Waals surface area contributed by atoms with Gasteiger partial charge in [0.15, 0.2) is 0 Å². The van der Waals surface area contributed by atoms with Gasteiger partial charge in [0.05, 0.1) is 24.1 Å². The highest BCUT2D eigenvalue weighted by molar-refractivity contribution is 6.05. The van der Waals surface area contributed by atoms with Crippen LogP contribution in [0.4, 0.5) is 19.0 Å². The van der Waals surface area contributed by atoms with Crippen LogP contribution in [0.2, 0.25) is 0 Å². The van der Waals surface area contributed by atoms with Crippen molar-refractivity contribution in [2.75, 3.05) is 37.7 Å². The normalized spacial score (nSPS) is 26.1. The molecule has 6 nitrogen and oxygen atoms in total. The molecule has 1 aromatic rings. The van der Waals surface area contributed by atoms with Crippen molar-refractivity contribution in [1.29, 1.82) is 0 Å². The maximum atomic E-state index is 12.7. The van der Waals surface area contributed by atoms with E-state index in [1.54, 1.807) is 0 Å². The summed E-state index contributed by atoms with van der Waals surface area (Å²) >= 11 is 0. The van der Waals surface area contributed by atoms with E-state index >= 15 is 0 Å². The highest BCUT2D eigenvalue weighted by Gasteiger charge is 2.47. The maximum absolute atomic E-state index is 12.7. The summed E-state index contributed by atoms with van der Waals surface area (Å²) in [6.07, 6.45) is 1.63. The molecule has 150 valence electrons. The Morgan fingerprint density at radius 3 is 2.07 bits per heavy atom. The number of allylic oxidation sites excluding steroid dienone is 2. The Morgan fingerprint density at radius 2 is 1.57 bits per heavy atom. The highest BCUT2D eigenvalue weighted by atomic mass is 19.4. The smallest absolute Gasteiger partial charge is 0.354 e. The van der Waals surface area contributed by atoms with Crippen LogP contribution in [0.5, 0.6) is 0 Å². The van der Waals surface area contributed by atoms with Gasteiger partial charge in [-0.15, -0.1) is 0 Å². The number of hydrogen-bond donors (Lipinski definition) is 0. The number of carbonyl (C=O) groups excluding carboxylic acids is 2. The SMILES string of the molecule is O=C1C2CC=CCC2C(=O)N1CN1CCN(c2ccc(C(F)(F)F)cn2)CC1. The summed E-state index contributed by atoms with van der Waals surface area (Å²) in [6, 6.07) is 2.41. The molecule has 2 amide bonds. The van der Waals surface area contributed by atoms with E-state index in [9.17, 15) is 22.8 Å². The van der Waals surface area contributed by atoms with Crippen molar-refractivity contribution in [3.05, 3.63) is 36.0 Å². The molecule has 3 heterocycles. The van der Waals surface area contributed by atoms with E-state index in [0.717, 1.165) is 12.3 Å². The molecule has 2 unspecified atom stereocenters. The molecule has 1 aliphatic carbocycles. The number of halogens is 3. The Balaban J connectivity index is 1.33. The van der Waals surface area contributed by atoms with Gasteiger partial charge in [0.25, 0.3) is 0 Å². The molecule has 4 rings (SSSR count). The third-order valence-electron chi connectivity index (χ3n) is 5.71. The van der Waals surface area contributed by atoms with Crippen molar-refractivity contribution in [2.45, 2.75) is 19.0 Å². The van der Waals surface area contributed by atoms with Crippen molar-refractivity contribution in [2.24, 2.45) is 11.8 Å². The second-order valence-corrected chi connectivity index (χ2v) is 7.41. The molecule has 0 N–H and O–H groups in total. The van der Waals surface area contributed by atoms with E-state index in [2.05, 4.69) is 4.98 Å². The number of aromatic nitrogens is 1. The first-order valence-corrected chi connectivity index (χ1v) is 9.35. The number of fused-ring (bicyclic) bond motifs is 1. The minimum atomic E-state index is -4.40. The zero-order valence-corrected chi connectivity index (χ0v) is 15.2. The molecule has 1 aromatic heterocycles. The lowest BCUT2D eigenvalue weighted by Crippen LogP contribution is -2.51. The number of hydrogen-bond acceptors (Lipinski definition) is 5. The van der Waals surface area contributed by atoms with E-state index in [0.29, 0.717) is 44.8 Å². The monoisotopic (exact) mass is 394 g/mol. The van der Waals surface area contributed by atoms with Crippen LogP contribution in [0.1, 0.15) is 18.4 Å². The summed E-state index contributed by atoms with van der Waals surface area (Å²) in [5.74, 6) is -0.138. The van der Waals surface area contributed by atoms with E-state index in [-0.39, 0.29) is 30.3 Å². The molecule has 2 aliphatic heterocycles. The molecule has 0 bridgehead atoms. The Hall–Kier alpha value is -2.42. The second kappa shape index (κ2) is 7.20. The Labute approximate surface area is 160 Å². The van der Waals surface area contributed by atoms with Crippen molar-refractivity contribution < 1.29 is 22.8 Å². The summed E-state index contributed by atoms with van der Waals surface area (Å²) in [7, 11) is 0. The Morgan fingerprint density at radius 1 is 0.964 bits per heavy atom. The van der Waals surface area contributed by atoms with Gasteiger partial charge in [-0.25, -0.2) is 4.98 Å². The zero-order chi connectivity index (χ0) is 19.9. The van der Waals surface area contributed by atoms with Crippen molar-refractivity contribution in [3.63, 3.8) is 0 Å². The summed E-state index contributed by atoms with van der Waals surface area (Å²) in [6.45, 7) is 2.63. The van der Waals surface area contributed by atoms with Gasteiger partial charge in [-0.3, -0.25) is 19.4 Å². The van der Waals surface area contributed by atoms with Crippen molar-refractivity contribution in [1.82, 2.24) is 14.8 Å². The van der Waals surface area contributed by atoms with Crippen LogP contribution in [0.15, 0.2) is 30.5 Å². The first kappa shape index (κ1) is 18.9. The fraction of sp³-hybridized carbons (Fsp3) is 0.526. The van der Waals surface area contributed by atoms with Crippen LogP contribution in [-0.2, 0) is 15.8 Å². The first-order valence-electron chi connectivity index (χ1n) is 9.35. The van der Waals surface area contributed by atoms with Gasteiger partial charge in [0, 0.05) is 32.4 Å². The fourth-order valence-electron chi connectivity index (χ4n) is 4.07. The number of alkyl halides is 3. The second-order valence-electron chi connectivity index (χ2n) is 7.41. The molecule has 28 heavy (non-hydrogen) atoms. The summed E-state index contributed by atoms with van der Waals surface area (Å²) in [4.78, 5) is 34.4. The average Bonchev–Trinajstić information content (AvgIpc) is 2.93. The molecule has 0 radical (unpaired) electrons. The minimum Gasteiger partial charge on any atom is -0.354 e. The van der Waals surface area contributed by atoms with Crippen LogP contribution in [-0.4, -0.2) is 59.4 Å². The van der Waals surface area contributed by atoms with Crippen LogP contribution < -0.4 is 4.90 Å². The van der Waals surface area contributed by atoms with Gasteiger partial charge in [-0.1, -0.05) is 12.2 Å². The van der Waals surface area contributed by atoms with E-state index in [1.165, 1.54) is 11.0 Å². The number of nitrogens with zero attached hydrogens (tertiary/aromatic N) is 4. The largest absolute Gasteiger partial charge is 0.417 e. The maximum Gasteiger partial charge on any atom is 0.417 e. The van der Waals surface area contributed by atoms with Crippen molar-refractivity contribution >= 4 is 17.6 Å². The zero-order valence-electron chi connectivity index (χ0n) is 15.2. The third kappa shape index (κ3) is 3.50. The van der Waals surface area contributed by atoms with Crippen molar-refractivity contribution in [3.8, 4) is 0 Å². The summed E-state index contributed by atoms with van der Waals surface area (Å²) in [5.41, 5.74) is -0.767. The number of pyridine rings is 1. The number of carbonyl (C=O) groups is 2. The Kier molecular flexibility index (Phi) is 4.86. The molecule has 9 heteroatoms. The predicted molar refractivity (Wildman–Crippen MR) is 95.1 cm³/mol. The number of anilines is 1. The molecule has 0 saturated carbocycles. The number of likely N-dealkylation sites (tertiary alicyclic amines) is 1. The number of amides is 2. The van der Waals surface area contributed by atoms with Gasteiger partial charge in [-0.05, 0) is 25.0 Å². The van der Waals surface area contributed by atoms with Gasteiger partial charge in [-0.2, -0.15) is 13.2 Å². The van der Waals surface area contributed by atoms with Gasteiger partial charge >= 0.3 is 6.18 Å². The minimum absolute atomic E-state index is 0.0915. The van der Waals surface area contributed by atoms with E-state index in [1.807, 2.05) is 22.0 Å². The van der Waals surface area contributed by atoms with E-state index in [4.69, 9.17) is 0 Å². The molecule has 0 aromatic carbocycles. The van der Waals surface area contributed by atoms with Crippen LogP contribution in [0.3, 0.4) is 0 Å². The highest BCUT2D eigenvalue weighted by Crippen LogP contribution is 2.35. The number of piperazine rings is 1. The summed E-state index contributed by atoms with van der Waals surface area (Å²) in [5, 5.41) is 0. The molecule has 2 atom stereocenters. The number of rotatable bonds is 3. The van der Waals surface area contributed by atoms with Crippen LogP contribution >= 0.6 is 0 Å². The van der Waals surface area contributed by atoms with Gasteiger partial charge in [0.2, 0.25) is 11.8 Å². The predicted octanol–water partition coefficient (Wildman–Crippen LogP) is 2.13. The third-order valence-corrected chi connectivity index (χ3v) is 5.71. The topological polar surface area (TPSA) is 56.8 Å². The molecule has 3 aliphatic rings. The fourth-order valence-corrected chi connectivity index (χ4v) is 4.07. The molecule has 2 saturated heterocycles. The lowest BCUT2D eigenvalue weighted by molar-refractivity contribution is -0.142. The molecular formula is C19H21F3N4O2. The van der Waals surface area contributed by atoms with Crippen LogP contribution in [0.25, 0.3) is 0 Å².